The first-order chi connectivity index (χ1) is 9.10. The van der Waals surface area contributed by atoms with Gasteiger partial charge in [-0.2, -0.15) is 0 Å². The molecule has 5 nitrogen and oxygen atoms in total. The summed E-state index contributed by atoms with van der Waals surface area (Å²) < 4.78 is 10.9. The van der Waals surface area contributed by atoms with E-state index in [-0.39, 0.29) is 6.61 Å². The molecule has 1 saturated carbocycles. The SMILES string of the molecule is COc1cc(C)ccc1OCC(NC1CC1)C(N)=O. The van der Waals surface area contributed by atoms with E-state index in [4.69, 9.17) is 15.2 Å². The van der Waals surface area contributed by atoms with Crippen molar-refractivity contribution >= 4 is 5.91 Å². The van der Waals surface area contributed by atoms with Crippen LogP contribution in [-0.4, -0.2) is 31.7 Å². The largest absolute Gasteiger partial charge is 0.493 e. The first-order valence-electron chi connectivity index (χ1n) is 6.43. The Morgan fingerprint density at radius 2 is 2.21 bits per heavy atom. The van der Waals surface area contributed by atoms with E-state index in [1.54, 1.807) is 7.11 Å². The van der Waals surface area contributed by atoms with Crippen molar-refractivity contribution in [3.8, 4) is 11.5 Å². The number of carbonyl (C=O) groups is 1. The number of methoxy groups -OCH3 is 1. The Morgan fingerprint density at radius 3 is 2.79 bits per heavy atom. The lowest BCUT2D eigenvalue weighted by Gasteiger charge is -2.17. The molecule has 19 heavy (non-hydrogen) atoms. The van der Waals surface area contributed by atoms with E-state index < -0.39 is 11.9 Å². The molecule has 0 aliphatic heterocycles. The number of nitrogens with two attached hydrogens (primary N) is 1. The maximum absolute atomic E-state index is 11.3. The second-order valence-electron chi connectivity index (χ2n) is 4.86. The number of carbonyl (C=O) groups excluding carboxylic acids is 1. The summed E-state index contributed by atoms with van der Waals surface area (Å²) in [7, 11) is 1.59. The van der Waals surface area contributed by atoms with Crippen LogP contribution in [0.25, 0.3) is 0 Å². The van der Waals surface area contributed by atoms with Gasteiger partial charge in [-0.1, -0.05) is 6.07 Å². The third kappa shape index (κ3) is 3.86. The zero-order chi connectivity index (χ0) is 13.8. The molecular weight excluding hydrogens is 244 g/mol. The minimum Gasteiger partial charge on any atom is -0.493 e. The number of aryl methyl sites for hydroxylation is 1. The highest BCUT2D eigenvalue weighted by molar-refractivity contribution is 5.80. The van der Waals surface area contributed by atoms with E-state index in [1.165, 1.54) is 0 Å². The fourth-order valence-electron chi connectivity index (χ4n) is 1.81. The lowest BCUT2D eigenvalue weighted by molar-refractivity contribution is -0.120. The lowest BCUT2D eigenvalue weighted by atomic mass is 10.2. The number of nitrogens with one attached hydrogen (secondary N) is 1. The highest BCUT2D eigenvalue weighted by Crippen LogP contribution is 2.28. The smallest absolute Gasteiger partial charge is 0.238 e. The van der Waals surface area contributed by atoms with Gasteiger partial charge in [0.05, 0.1) is 7.11 Å². The van der Waals surface area contributed by atoms with Crippen molar-refractivity contribution in [1.82, 2.24) is 5.32 Å². The molecule has 2 rings (SSSR count). The van der Waals surface area contributed by atoms with Crippen molar-refractivity contribution in [2.24, 2.45) is 5.73 Å². The van der Waals surface area contributed by atoms with E-state index in [0.29, 0.717) is 17.5 Å². The Bertz CT molecular complexity index is 458. The molecular formula is C14H20N2O3. The predicted octanol–water partition coefficient (Wildman–Crippen LogP) is 0.988. The average Bonchev–Trinajstić information content (AvgIpc) is 3.19. The van der Waals surface area contributed by atoms with E-state index in [1.807, 2.05) is 25.1 Å². The Kier molecular flexibility index (Phi) is 4.27. The topological polar surface area (TPSA) is 73.6 Å². The quantitative estimate of drug-likeness (QED) is 0.770. The number of primary amides is 1. The summed E-state index contributed by atoms with van der Waals surface area (Å²) in [4.78, 5) is 11.3. The fourth-order valence-corrected chi connectivity index (χ4v) is 1.81. The molecule has 5 heteroatoms. The normalized spacial score (nSPS) is 15.9. The van der Waals surface area contributed by atoms with Crippen LogP contribution in [0.5, 0.6) is 11.5 Å². The van der Waals surface area contributed by atoms with E-state index in [0.717, 1.165) is 18.4 Å². The molecule has 1 aliphatic rings. The summed E-state index contributed by atoms with van der Waals surface area (Å²) in [6.07, 6.45) is 2.19. The van der Waals surface area contributed by atoms with Gasteiger partial charge in [-0.3, -0.25) is 4.79 Å². The Labute approximate surface area is 113 Å². The zero-order valence-electron chi connectivity index (χ0n) is 11.3. The average molecular weight is 264 g/mol. The third-order valence-electron chi connectivity index (χ3n) is 3.08. The molecule has 0 bridgehead atoms. The summed E-state index contributed by atoms with van der Waals surface area (Å²) in [5.41, 5.74) is 6.45. The summed E-state index contributed by atoms with van der Waals surface area (Å²) >= 11 is 0. The van der Waals surface area contributed by atoms with Crippen LogP contribution >= 0.6 is 0 Å². The summed E-state index contributed by atoms with van der Waals surface area (Å²) in [6.45, 7) is 2.19. The minimum atomic E-state index is -0.460. The van der Waals surface area contributed by atoms with Gasteiger partial charge in [0, 0.05) is 6.04 Å². The molecule has 0 spiro atoms. The number of rotatable bonds is 7. The zero-order valence-corrected chi connectivity index (χ0v) is 11.3. The first-order valence-corrected chi connectivity index (χ1v) is 6.43. The molecule has 1 unspecified atom stereocenters. The Balaban J connectivity index is 1.97. The van der Waals surface area contributed by atoms with Crippen molar-refractivity contribution in [3.05, 3.63) is 23.8 Å². The molecule has 0 heterocycles. The van der Waals surface area contributed by atoms with Crippen LogP contribution in [0.1, 0.15) is 18.4 Å². The van der Waals surface area contributed by atoms with E-state index >= 15 is 0 Å². The van der Waals surface area contributed by atoms with Gasteiger partial charge in [0.25, 0.3) is 0 Å². The van der Waals surface area contributed by atoms with Crippen LogP contribution in [0.4, 0.5) is 0 Å². The molecule has 0 aromatic heterocycles. The van der Waals surface area contributed by atoms with Gasteiger partial charge in [0.1, 0.15) is 12.6 Å². The molecule has 104 valence electrons. The monoisotopic (exact) mass is 264 g/mol. The fraction of sp³-hybridized carbons (Fsp3) is 0.500. The van der Waals surface area contributed by atoms with E-state index in [9.17, 15) is 4.79 Å². The predicted molar refractivity (Wildman–Crippen MR) is 72.4 cm³/mol. The van der Waals surface area contributed by atoms with Crippen molar-refractivity contribution in [1.29, 1.82) is 0 Å². The minimum absolute atomic E-state index is 0.214. The van der Waals surface area contributed by atoms with Crippen LogP contribution in [0.2, 0.25) is 0 Å². The van der Waals surface area contributed by atoms with Gasteiger partial charge < -0.3 is 20.5 Å². The van der Waals surface area contributed by atoms with Crippen LogP contribution in [-0.2, 0) is 4.79 Å². The number of amides is 1. The van der Waals surface area contributed by atoms with Crippen LogP contribution in [0.3, 0.4) is 0 Å². The summed E-state index contributed by atoms with van der Waals surface area (Å²) in [5.74, 6) is 0.893. The van der Waals surface area contributed by atoms with Crippen molar-refractivity contribution < 1.29 is 14.3 Å². The molecule has 1 fully saturated rings. The van der Waals surface area contributed by atoms with Crippen molar-refractivity contribution in [3.63, 3.8) is 0 Å². The first kappa shape index (κ1) is 13.7. The van der Waals surface area contributed by atoms with Gasteiger partial charge in [-0.25, -0.2) is 0 Å². The van der Waals surface area contributed by atoms with Gasteiger partial charge in [0.15, 0.2) is 11.5 Å². The van der Waals surface area contributed by atoms with Crippen molar-refractivity contribution in [2.45, 2.75) is 31.8 Å². The molecule has 0 radical (unpaired) electrons. The standard InChI is InChI=1S/C14H20N2O3/c1-9-3-6-12(13(7-9)18-2)19-8-11(14(15)17)16-10-4-5-10/h3,6-7,10-11,16H,4-5,8H2,1-2H3,(H2,15,17). The van der Waals surface area contributed by atoms with Crippen LogP contribution in [0, 0.1) is 6.92 Å². The summed E-state index contributed by atoms with van der Waals surface area (Å²) in [6, 6.07) is 5.61. The molecule has 1 amide bonds. The lowest BCUT2D eigenvalue weighted by Crippen LogP contribution is -2.46. The number of benzene rings is 1. The third-order valence-corrected chi connectivity index (χ3v) is 3.08. The van der Waals surface area contributed by atoms with Gasteiger partial charge in [-0.05, 0) is 37.5 Å². The highest BCUT2D eigenvalue weighted by atomic mass is 16.5. The van der Waals surface area contributed by atoms with Gasteiger partial charge in [-0.15, -0.1) is 0 Å². The summed E-state index contributed by atoms with van der Waals surface area (Å²) in [5, 5.41) is 3.17. The molecule has 3 N–H and O–H groups in total. The van der Waals surface area contributed by atoms with Crippen LogP contribution in [0.15, 0.2) is 18.2 Å². The van der Waals surface area contributed by atoms with E-state index in [2.05, 4.69) is 5.32 Å². The van der Waals surface area contributed by atoms with Gasteiger partial charge in [0.2, 0.25) is 5.91 Å². The Morgan fingerprint density at radius 1 is 1.47 bits per heavy atom. The number of ether oxygens (including phenoxy) is 2. The molecule has 0 saturated heterocycles. The van der Waals surface area contributed by atoms with Crippen LogP contribution < -0.4 is 20.5 Å². The maximum Gasteiger partial charge on any atom is 0.238 e. The molecule has 1 aromatic carbocycles. The maximum atomic E-state index is 11.3. The molecule has 1 aromatic rings. The highest BCUT2D eigenvalue weighted by Gasteiger charge is 2.27. The Hall–Kier alpha value is -1.75. The molecule has 1 atom stereocenters. The second kappa shape index (κ2) is 5.93. The van der Waals surface area contributed by atoms with Gasteiger partial charge >= 0.3 is 0 Å². The number of hydrogen-bond donors (Lipinski definition) is 2. The number of hydrogen-bond acceptors (Lipinski definition) is 4. The molecule has 1 aliphatic carbocycles. The van der Waals surface area contributed by atoms with Crippen molar-refractivity contribution in [2.75, 3.05) is 13.7 Å². The second-order valence-corrected chi connectivity index (χ2v) is 4.86.